The molecule has 1 aliphatic heterocycles. The molecule has 0 spiro atoms. The van der Waals surface area contributed by atoms with Gasteiger partial charge >= 0.3 is 11.9 Å². The maximum atomic E-state index is 10.6. The van der Waals surface area contributed by atoms with E-state index in [0.717, 1.165) is 12.2 Å². The molecule has 1 rings (SSSR count). The van der Waals surface area contributed by atoms with Crippen LogP contribution in [0.5, 0.6) is 0 Å². The van der Waals surface area contributed by atoms with Crippen molar-refractivity contribution in [1.29, 1.82) is 0 Å². The lowest BCUT2D eigenvalue weighted by Crippen LogP contribution is -2.18. The predicted molar refractivity (Wildman–Crippen MR) is 57.7 cm³/mol. The van der Waals surface area contributed by atoms with E-state index in [0.29, 0.717) is 6.61 Å². The van der Waals surface area contributed by atoms with Gasteiger partial charge in [-0.25, -0.2) is 9.59 Å². The summed E-state index contributed by atoms with van der Waals surface area (Å²) in [4.78, 5) is 20.4. The number of carbonyl (C=O) groups is 2. The maximum Gasteiger partial charge on any atom is 0.330 e. The van der Waals surface area contributed by atoms with Crippen LogP contribution in [0.1, 0.15) is 6.92 Å². The Labute approximate surface area is 94.7 Å². The molecule has 0 amide bonds. The molecule has 0 bridgehead atoms. The average molecular weight is 228 g/mol. The Hall–Kier alpha value is -1.62. The average Bonchev–Trinajstić information content (AvgIpc) is 3.12. The Kier molecular flexibility index (Phi) is 6.87. The Morgan fingerprint density at radius 3 is 2.12 bits per heavy atom. The van der Waals surface area contributed by atoms with Gasteiger partial charge in [0.1, 0.15) is 12.2 Å². The first-order chi connectivity index (χ1) is 7.54. The van der Waals surface area contributed by atoms with Crippen molar-refractivity contribution < 1.29 is 23.8 Å². The summed E-state index contributed by atoms with van der Waals surface area (Å²) in [6, 6.07) is 0. The number of epoxide rings is 1. The van der Waals surface area contributed by atoms with E-state index >= 15 is 0 Å². The smallest absolute Gasteiger partial charge is 0.330 e. The normalized spacial score (nSPS) is 18.2. The standard InChI is InChI=1S/C7H10O3.C4H6O2/c1-3-7(8)10-5(2)6-4-9-6;1-3-4(5)6-2/h3,5-6H,1,4H2,2H3;3H,1H2,2H3. The van der Waals surface area contributed by atoms with Crippen LogP contribution in [-0.4, -0.2) is 37.9 Å². The first-order valence-corrected chi connectivity index (χ1v) is 4.70. The first-order valence-electron chi connectivity index (χ1n) is 4.70. The minimum Gasteiger partial charge on any atom is -0.466 e. The largest absolute Gasteiger partial charge is 0.466 e. The number of methoxy groups -OCH3 is 1. The number of esters is 2. The Bertz CT molecular complexity index is 268. The molecule has 2 atom stereocenters. The van der Waals surface area contributed by atoms with Crippen molar-refractivity contribution >= 4 is 11.9 Å². The van der Waals surface area contributed by atoms with Crippen LogP contribution < -0.4 is 0 Å². The van der Waals surface area contributed by atoms with E-state index in [1.807, 2.05) is 0 Å². The zero-order valence-electron chi connectivity index (χ0n) is 9.47. The van der Waals surface area contributed by atoms with Crippen LogP contribution in [0.25, 0.3) is 0 Å². The molecule has 0 N–H and O–H groups in total. The van der Waals surface area contributed by atoms with Crippen molar-refractivity contribution in [2.75, 3.05) is 13.7 Å². The van der Waals surface area contributed by atoms with Gasteiger partial charge in [0, 0.05) is 12.2 Å². The SMILES string of the molecule is C=CC(=O)OC.C=CC(=O)OC(C)C1CO1. The number of hydrogen-bond donors (Lipinski definition) is 0. The van der Waals surface area contributed by atoms with Crippen LogP contribution >= 0.6 is 0 Å². The quantitative estimate of drug-likeness (QED) is 0.405. The topological polar surface area (TPSA) is 65.1 Å². The fourth-order valence-electron chi connectivity index (χ4n) is 0.717. The van der Waals surface area contributed by atoms with Crippen molar-refractivity contribution in [2.24, 2.45) is 0 Å². The van der Waals surface area contributed by atoms with Gasteiger partial charge in [0.2, 0.25) is 0 Å². The second kappa shape index (κ2) is 7.64. The van der Waals surface area contributed by atoms with Crippen LogP contribution in [0.2, 0.25) is 0 Å². The van der Waals surface area contributed by atoms with E-state index in [9.17, 15) is 9.59 Å². The fraction of sp³-hybridized carbons (Fsp3) is 0.455. The molecule has 0 saturated carbocycles. The lowest BCUT2D eigenvalue weighted by Gasteiger charge is -2.06. The van der Waals surface area contributed by atoms with Gasteiger partial charge < -0.3 is 14.2 Å². The lowest BCUT2D eigenvalue weighted by atomic mass is 10.3. The van der Waals surface area contributed by atoms with Crippen molar-refractivity contribution in [2.45, 2.75) is 19.1 Å². The predicted octanol–water partition coefficient (Wildman–Crippen LogP) is 0.848. The first kappa shape index (κ1) is 14.4. The van der Waals surface area contributed by atoms with Crippen LogP contribution in [0.4, 0.5) is 0 Å². The number of ether oxygens (including phenoxy) is 3. The summed E-state index contributed by atoms with van der Waals surface area (Å²) in [5.74, 6) is -0.780. The van der Waals surface area contributed by atoms with E-state index < -0.39 is 5.97 Å². The number of carbonyl (C=O) groups excluding carboxylic acids is 2. The molecule has 1 saturated heterocycles. The third-order valence-electron chi connectivity index (χ3n) is 1.72. The van der Waals surface area contributed by atoms with Crippen LogP contribution in [-0.2, 0) is 23.8 Å². The van der Waals surface area contributed by atoms with Crippen molar-refractivity contribution in [3.8, 4) is 0 Å². The molecular formula is C11H16O5. The van der Waals surface area contributed by atoms with Crippen molar-refractivity contribution in [1.82, 2.24) is 0 Å². The van der Waals surface area contributed by atoms with Gasteiger partial charge in [-0.05, 0) is 6.92 Å². The molecule has 0 aromatic rings. The molecule has 5 heteroatoms. The summed E-state index contributed by atoms with van der Waals surface area (Å²) < 4.78 is 13.9. The molecule has 0 aliphatic carbocycles. The molecular weight excluding hydrogens is 212 g/mol. The van der Waals surface area contributed by atoms with Crippen molar-refractivity contribution in [3.63, 3.8) is 0 Å². The molecule has 1 aliphatic rings. The lowest BCUT2D eigenvalue weighted by molar-refractivity contribution is -0.143. The van der Waals surface area contributed by atoms with Gasteiger partial charge in [0.25, 0.3) is 0 Å². The maximum absolute atomic E-state index is 10.6. The summed E-state index contributed by atoms with van der Waals surface area (Å²) >= 11 is 0. The molecule has 0 aromatic heterocycles. The summed E-state index contributed by atoms with van der Waals surface area (Å²) in [7, 11) is 1.31. The second-order valence-electron chi connectivity index (χ2n) is 2.95. The van der Waals surface area contributed by atoms with E-state index in [1.165, 1.54) is 7.11 Å². The minimum absolute atomic E-state index is 0.115. The molecule has 5 nitrogen and oxygen atoms in total. The molecule has 0 radical (unpaired) electrons. The molecule has 1 heterocycles. The summed E-state index contributed by atoms with van der Waals surface area (Å²) in [6.07, 6.45) is 2.24. The highest BCUT2D eigenvalue weighted by Gasteiger charge is 2.31. The highest BCUT2D eigenvalue weighted by Crippen LogP contribution is 2.16. The van der Waals surface area contributed by atoms with Crippen LogP contribution in [0.15, 0.2) is 25.3 Å². The summed E-state index contributed by atoms with van der Waals surface area (Å²) in [5.41, 5.74) is 0. The van der Waals surface area contributed by atoms with Crippen LogP contribution in [0, 0.1) is 0 Å². The zero-order chi connectivity index (χ0) is 12.6. The van der Waals surface area contributed by atoms with E-state index in [4.69, 9.17) is 9.47 Å². The number of hydrogen-bond acceptors (Lipinski definition) is 5. The van der Waals surface area contributed by atoms with E-state index in [1.54, 1.807) is 6.92 Å². The third-order valence-corrected chi connectivity index (χ3v) is 1.72. The number of rotatable bonds is 4. The van der Waals surface area contributed by atoms with Gasteiger partial charge in [-0.3, -0.25) is 0 Å². The Morgan fingerprint density at radius 1 is 1.38 bits per heavy atom. The molecule has 90 valence electrons. The van der Waals surface area contributed by atoms with Gasteiger partial charge in [-0.1, -0.05) is 13.2 Å². The van der Waals surface area contributed by atoms with Gasteiger partial charge in [0.05, 0.1) is 13.7 Å². The van der Waals surface area contributed by atoms with Crippen LogP contribution in [0.3, 0.4) is 0 Å². The highest BCUT2D eigenvalue weighted by atomic mass is 16.6. The van der Waals surface area contributed by atoms with E-state index in [2.05, 4.69) is 17.9 Å². The van der Waals surface area contributed by atoms with E-state index in [-0.39, 0.29) is 18.2 Å². The Morgan fingerprint density at radius 2 is 1.88 bits per heavy atom. The summed E-state index contributed by atoms with van der Waals surface area (Å²) in [6.45, 7) is 8.94. The molecule has 16 heavy (non-hydrogen) atoms. The van der Waals surface area contributed by atoms with Gasteiger partial charge in [0.15, 0.2) is 0 Å². The molecule has 0 aromatic carbocycles. The van der Waals surface area contributed by atoms with Gasteiger partial charge in [-0.15, -0.1) is 0 Å². The summed E-state index contributed by atoms with van der Waals surface area (Å²) in [5, 5.41) is 0. The molecule has 2 unspecified atom stereocenters. The Balaban J connectivity index is 0.000000325. The third kappa shape index (κ3) is 6.78. The molecule has 1 fully saturated rings. The highest BCUT2D eigenvalue weighted by molar-refractivity contribution is 5.81. The van der Waals surface area contributed by atoms with Gasteiger partial charge in [-0.2, -0.15) is 0 Å². The monoisotopic (exact) mass is 228 g/mol. The second-order valence-corrected chi connectivity index (χ2v) is 2.95. The fourth-order valence-corrected chi connectivity index (χ4v) is 0.717. The van der Waals surface area contributed by atoms with Crippen molar-refractivity contribution in [3.05, 3.63) is 25.3 Å². The zero-order valence-corrected chi connectivity index (χ0v) is 9.47. The minimum atomic E-state index is -0.394.